The second-order valence-electron chi connectivity index (χ2n) is 3.99. The summed E-state index contributed by atoms with van der Waals surface area (Å²) in [5, 5.41) is 0. The van der Waals surface area contributed by atoms with Crippen LogP contribution in [-0.2, 0) is 16.1 Å². The van der Waals surface area contributed by atoms with Gasteiger partial charge in [0.05, 0.1) is 12.7 Å². The molecule has 0 N–H and O–H groups in total. The second-order valence-corrected chi connectivity index (χ2v) is 3.99. The van der Waals surface area contributed by atoms with E-state index in [0.717, 1.165) is 0 Å². The summed E-state index contributed by atoms with van der Waals surface area (Å²) in [7, 11) is 1.29. The molecular formula is C14H13NO5. The highest BCUT2D eigenvalue weighted by atomic mass is 16.5. The van der Waals surface area contributed by atoms with Gasteiger partial charge in [0.1, 0.15) is 23.7 Å². The Morgan fingerprint density at radius 3 is 2.80 bits per heavy atom. The molecule has 0 saturated heterocycles. The summed E-state index contributed by atoms with van der Waals surface area (Å²) in [6, 6.07) is 4.74. The van der Waals surface area contributed by atoms with E-state index in [2.05, 4.69) is 9.72 Å². The van der Waals surface area contributed by atoms with Gasteiger partial charge in [-0.05, 0) is 25.1 Å². The standard InChI is InChI=1S/C14H13NO5/c1-9-12(14(17)18-2)6-11(20-9)8-19-13(16)10-4-3-5-15-7-10/h3-7H,8H2,1-2H3. The normalized spacial score (nSPS) is 10.1. The average Bonchev–Trinajstić information content (AvgIpc) is 2.86. The fourth-order valence-corrected chi connectivity index (χ4v) is 1.63. The van der Waals surface area contributed by atoms with Crippen molar-refractivity contribution < 1.29 is 23.5 Å². The molecule has 0 aliphatic heterocycles. The first-order valence-electron chi connectivity index (χ1n) is 5.86. The van der Waals surface area contributed by atoms with Crippen LogP contribution in [0, 0.1) is 6.92 Å². The third-order valence-corrected chi connectivity index (χ3v) is 2.62. The highest BCUT2D eigenvalue weighted by Gasteiger charge is 2.16. The number of rotatable bonds is 4. The van der Waals surface area contributed by atoms with Crippen LogP contribution in [0.3, 0.4) is 0 Å². The van der Waals surface area contributed by atoms with Crippen LogP contribution in [0.1, 0.15) is 32.2 Å². The Hall–Kier alpha value is -2.63. The molecule has 0 aliphatic rings. The van der Waals surface area contributed by atoms with E-state index < -0.39 is 11.9 Å². The van der Waals surface area contributed by atoms with Crippen molar-refractivity contribution >= 4 is 11.9 Å². The van der Waals surface area contributed by atoms with E-state index in [9.17, 15) is 9.59 Å². The number of hydrogen-bond acceptors (Lipinski definition) is 6. The van der Waals surface area contributed by atoms with Gasteiger partial charge in [0.15, 0.2) is 0 Å². The third-order valence-electron chi connectivity index (χ3n) is 2.62. The van der Waals surface area contributed by atoms with E-state index in [0.29, 0.717) is 22.6 Å². The van der Waals surface area contributed by atoms with E-state index in [1.54, 1.807) is 25.3 Å². The molecule has 0 atom stereocenters. The molecule has 2 aromatic rings. The van der Waals surface area contributed by atoms with Crippen molar-refractivity contribution in [3.63, 3.8) is 0 Å². The minimum absolute atomic E-state index is 0.0639. The first kappa shape index (κ1) is 13.8. The number of esters is 2. The summed E-state index contributed by atoms with van der Waals surface area (Å²) in [5.41, 5.74) is 0.670. The van der Waals surface area contributed by atoms with Gasteiger partial charge in [-0.3, -0.25) is 4.98 Å². The summed E-state index contributed by atoms with van der Waals surface area (Å²) in [5.74, 6) is -0.202. The summed E-state index contributed by atoms with van der Waals surface area (Å²) in [4.78, 5) is 26.9. The summed E-state index contributed by atoms with van der Waals surface area (Å²) >= 11 is 0. The largest absolute Gasteiger partial charge is 0.465 e. The van der Waals surface area contributed by atoms with Crippen molar-refractivity contribution in [2.45, 2.75) is 13.5 Å². The number of carbonyl (C=O) groups is 2. The smallest absolute Gasteiger partial charge is 0.341 e. The lowest BCUT2D eigenvalue weighted by Gasteiger charge is -2.01. The molecule has 20 heavy (non-hydrogen) atoms. The van der Waals surface area contributed by atoms with Gasteiger partial charge in [-0.2, -0.15) is 0 Å². The van der Waals surface area contributed by atoms with Crippen LogP contribution in [0.5, 0.6) is 0 Å². The summed E-state index contributed by atoms with van der Waals surface area (Å²) < 4.78 is 15.0. The minimum atomic E-state index is -0.508. The zero-order valence-corrected chi connectivity index (χ0v) is 11.1. The van der Waals surface area contributed by atoms with Crippen molar-refractivity contribution in [2.24, 2.45) is 0 Å². The Balaban J connectivity index is 2.01. The van der Waals surface area contributed by atoms with Crippen LogP contribution in [0.2, 0.25) is 0 Å². The Kier molecular flexibility index (Phi) is 4.14. The third kappa shape index (κ3) is 3.03. The van der Waals surface area contributed by atoms with Crippen LogP contribution in [0.15, 0.2) is 35.0 Å². The number of ether oxygens (including phenoxy) is 2. The molecule has 6 nitrogen and oxygen atoms in total. The van der Waals surface area contributed by atoms with Crippen LogP contribution < -0.4 is 0 Å². The van der Waals surface area contributed by atoms with Gasteiger partial charge >= 0.3 is 11.9 Å². The van der Waals surface area contributed by atoms with E-state index in [-0.39, 0.29) is 6.61 Å². The van der Waals surface area contributed by atoms with Crippen molar-refractivity contribution in [1.29, 1.82) is 0 Å². The lowest BCUT2D eigenvalue weighted by Crippen LogP contribution is -2.05. The van der Waals surface area contributed by atoms with Crippen LogP contribution >= 0.6 is 0 Å². The molecule has 0 saturated carbocycles. The van der Waals surface area contributed by atoms with Crippen LogP contribution in [0.25, 0.3) is 0 Å². The number of aromatic nitrogens is 1. The van der Waals surface area contributed by atoms with Gasteiger partial charge in [0, 0.05) is 12.4 Å². The topological polar surface area (TPSA) is 78.6 Å². The zero-order chi connectivity index (χ0) is 14.5. The van der Waals surface area contributed by atoms with Gasteiger partial charge in [-0.15, -0.1) is 0 Å². The number of pyridine rings is 1. The van der Waals surface area contributed by atoms with E-state index in [1.165, 1.54) is 19.4 Å². The predicted molar refractivity (Wildman–Crippen MR) is 68.1 cm³/mol. The van der Waals surface area contributed by atoms with Gasteiger partial charge < -0.3 is 13.9 Å². The monoisotopic (exact) mass is 275 g/mol. The fraction of sp³-hybridized carbons (Fsp3) is 0.214. The first-order valence-corrected chi connectivity index (χ1v) is 5.86. The number of aryl methyl sites for hydroxylation is 1. The Labute approximate surface area is 115 Å². The van der Waals surface area contributed by atoms with Crippen molar-refractivity contribution in [1.82, 2.24) is 4.98 Å². The molecular weight excluding hydrogens is 262 g/mol. The zero-order valence-electron chi connectivity index (χ0n) is 11.1. The minimum Gasteiger partial charge on any atom is -0.465 e. The van der Waals surface area contributed by atoms with Crippen molar-refractivity contribution in [2.75, 3.05) is 7.11 Å². The molecule has 2 aromatic heterocycles. The molecule has 0 unspecified atom stereocenters. The van der Waals surface area contributed by atoms with Gasteiger partial charge in [-0.25, -0.2) is 9.59 Å². The molecule has 0 spiro atoms. The molecule has 2 heterocycles. The first-order chi connectivity index (χ1) is 9.61. The van der Waals surface area contributed by atoms with E-state index in [4.69, 9.17) is 9.15 Å². The lowest BCUT2D eigenvalue weighted by atomic mass is 10.2. The summed E-state index contributed by atoms with van der Waals surface area (Å²) in [6.45, 7) is 1.57. The Bertz CT molecular complexity index is 618. The number of furan rings is 1. The van der Waals surface area contributed by atoms with Gasteiger partial charge in [0.25, 0.3) is 0 Å². The maximum absolute atomic E-state index is 11.7. The molecule has 0 amide bonds. The Morgan fingerprint density at radius 2 is 2.15 bits per heavy atom. The van der Waals surface area contributed by atoms with E-state index >= 15 is 0 Å². The lowest BCUT2D eigenvalue weighted by molar-refractivity contribution is 0.0443. The number of hydrogen-bond donors (Lipinski definition) is 0. The van der Waals surface area contributed by atoms with Gasteiger partial charge in [-0.1, -0.05) is 0 Å². The van der Waals surface area contributed by atoms with Crippen molar-refractivity contribution in [3.05, 3.63) is 53.2 Å². The quantitative estimate of drug-likeness (QED) is 0.795. The average molecular weight is 275 g/mol. The number of nitrogens with zero attached hydrogens (tertiary/aromatic N) is 1. The number of methoxy groups -OCH3 is 1. The molecule has 0 radical (unpaired) electrons. The Morgan fingerprint density at radius 1 is 1.35 bits per heavy atom. The molecule has 0 aliphatic carbocycles. The molecule has 0 fully saturated rings. The van der Waals surface area contributed by atoms with Crippen LogP contribution in [0.4, 0.5) is 0 Å². The van der Waals surface area contributed by atoms with E-state index in [1.807, 2.05) is 0 Å². The molecule has 2 rings (SSSR count). The highest BCUT2D eigenvalue weighted by molar-refractivity contribution is 5.90. The summed E-state index contributed by atoms with van der Waals surface area (Å²) in [6.07, 6.45) is 2.98. The molecule has 104 valence electrons. The number of carbonyl (C=O) groups excluding carboxylic acids is 2. The molecule has 6 heteroatoms. The van der Waals surface area contributed by atoms with Gasteiger partial charge in [0.2, 0.25) is 0 Å². The maximum atomic E-state index is 11.7. The fourth-order valence-electron chi connectivity index (χ4n) is 1.63. The maximum Gasteiger partial charge on any atom is 0.341 e. The highest BCUT2D eigenvalue weighted by Crippen LogP contribution is 2.16. The molecule has 0 bridgehead atoms. The van der Waals surface area contributed by atoms with Crippen LogP contribution in [-0.4, -0.2) is 24.0 Å². The SMILES string of the molecule is COC(=O)c1cc(COC(=O)c2cccnc2)oc1C. The molecule has 0 aromatic carbocycles. The predicted octanol–water partition coefficient (Wildman–Crippen LogP) is 2.13. The second kappa shape index (κ2) is 6.01. The van der Waals surface area contributed by atoms with Crippen molar-refractivity contribution in [3.8, 4) is 0 Å².